The zero-order valence-electron chi connectivity index (χ0n) is 11.1. The molecule has 20 heavy (non-hydrogen) atoms. The second-order valence-electron chi connectivity index (χ2n) is 4.05. The van der Waals surface area contributed by atoms with E-state index >= 15 is 0 Å². The lowest BCUT2D eigenvalue weighted by molar-refractivity contribution is 0.102. The second-order valence-corrected chi connectivity index (χ2v) is 4.05. The van der Waals surface area contributed by atoms with Crippen molar-refractivity contribution in [3.05, 3.63) is 53.6 Å². The Hall–Kier alpha value is -2.71. The molecular weight excluding hydrogens is 252 g/mol. The molecule has 100 valence electrons. The summed E-state index contributed by atoms with van der Waals surface area (Å²) < 4.78 is 0. The Kier molecular flexibility index (Phi) is 4.43. The molecule has 0 bridgehead atoms. The minimum Gasteiger partial charge on any atom is -0.320 e. The molecule has 0 saturated heterocycles. The smallest absolute Gasteiger partial charge is 0.275 e. The van der Waals surface area contributed by atoms with E-state index in [4.69, 9.17) is 5.73 Å². The fourth-order valence-corrected chi connectivity index (χ4v) is 1.57. The van der Waals surface area contributed by atoms with Gasteiger partial charge in [-0.05, 0) is 31.2 Å². The lowest BCUT2D eigenvalue weighted by Crippen LogP contribution is -2.15. The monoisotopic (exact) mass is 266 g/mol. The highest BCUT2D eigenvalue weighted by atomic mass is 16.1. The number of aromatic nitrogens is 2. The van der Waals surface area contributed by atoms with Crippen LogP contribution >= 0.6 is 0 Å². The van der Waals surface area contributed by atoms with E-state index in [1.165, 1.54) is 0 Å². The Morgan fingerprint density at radius 1 is 1.35 bits per heavy atom. The fourth-order valence-electron chi connectivity index (χ4n) is 1.57. The Balaban J connectivity index is 2.23. The molecule has 0 saturated carbocycles. The summed E-state index contributed by atoms with van der Waals surface area (Å²) in [6.45, 7) is 2.11. The summed E-state index contributed by atoms with van der Waals surface area (Å²) in [5, 5.41) is 2.74. The Bertz CT molecular complexity index is 668. The lowest BCUT2D eigenvalue weighted by Gasteiger charge is -2.06. The maximum Gasteiger partial charge on any atom is 0.275 e. The van der Waals surface area contributed by atoms with Gasteiger partial charge in [0, 0.05) is 11.9 Å². The van der Waals surface area contributed by atoms with Crippen LogP contribution in [0.15, 0.2) is 36.7 Å². The molecule has 2 heterocycles. The first kappa shape index (κ1) is 13.7. The zero-order valence-corrected chi connectivity index (χ0v) is 11.1. The third-order valence-corrected chi connectivity index (χ3v) is 2.52. The Morgan fingerprint density at radius 2 is 2.20 bits per heavy atom. The number of nitrogens with zero attached hydrogens (tertiary/aromatic N) is 2. The van der Waals surface area contributed by atoms with Crippen molar-refractivity contribution in [1.82, 2.24) is 9.97 Å². The minimum atomic E-state index is -0.322. The van der Waals surface area contributed by atoms with E-state index in [9.17, 15) is 4.79 Å². The molecule has 1 amide bonds. The first-order valence-corrected chi connectivity index (χ1v) is 6.08. The number of amides is 1. The van der Waals surface area contributed by atoms with Gasteiger partial charge in [-0.25, -0.2) is 4.98 Å². The van der Waals surface area contributed by atoms with Gasteiger partial charge in [0.15, 0.2) is 0 Å². The third kappa shape index (κ3) is 3.40. The van der Waals surface area contributed by atoms with Crippen LogP contribution in [0, 0.1) is 18.8 Å². The van der Waals surface area contributed by atoms with Crippen LogP contribution in [0.25, 0.3) is 0 Å². The van der Waals surface area contributed by atoms with Crippen LogP contribution in [0.2, 0.25) is 0 Å². The molecule has 0 aliphatic rings. The number of carbonyl (C=O) groups excluding carboxylic acids is 1. The van der Waals surface area contributed by atoms with Crippen LogP contribution < -0.4 is 11.1 Å². The van der Waals surface area contributed by atoms with E-state index in [1.807, 2.05) is 13.0 Å². The molecule has 0 radical (unpaired) electrons. The summed E-state index contributed by atoms with van der Waals surface area (Å²) in [6, 6.07) is 7.07. The Labute approximate surface area is 117 Å². The normalized spacial score (nSPS) is 9.50. The zero-order chi connectivity index (χ0) is 14.4. The molecule has 2 rings (SSSR count). The average molecular weight is 266 g/mol. The predicted molar refractivity (Wildman–Crippen MR) is 77.1 cm³/mol. The van der Waals surface area contributed by atoms with Gasteiger partial charge in [-0.15, -0.1) is 0 Å². The van der Waals surface area contributed by atoms with Gasteiger partial charge in [0.05, 0.1) is 24.0 Å². The number of anilines is 1. The summed E-state index contributed by atoms with van der Waals surface area (Å²) in [4.78, 5) is 20.4. The topological polar surface area (TPSA) is 80.9 Å². The highest BCUT2D eigenvalue weighted by Crippen LogP contribution is 2.10. The van der Waals surface area contributed by atoms with Crippen molar-refractivity contribution in [1.29, 1.82) is 0 Å². The maximum absolute atomic E-state index is 12.2. The van der Waals surface area contributed by atoms with Crippen molar-refractivity contribution in [3.63, 3.8) is 0 Å². The van der Waals surface area contributed by atoms with Crippen LogP contribution in [0.1, 0.15) is 21.7 Å². The molecule has 0 atom stereocenters. The summed E-state index contributed by atoms with van der Waals surface area (Å²) >= 11 is 0. The standard InChI is InChI=1S/C15H14N4O/c1-11-6-7-13(10-18-11)19-15(20)14-12(4-2-8-16)5-3-9-17-14/h3,5-7,9-10H,8,16H2,1H3,(H,19,20). The Morgan fingerprint density at radius 3 is 2.90 bits per heavy atom. The van der Waals surface area contributed by atoms with E-state index in [0.717, 1.165) is 5.69 Å². The van der Waals surface area contributed by atoms with Gasteiger partial charge >= 0.3 is 0 Å². The third-order valence-electron chi connectivity index (χ3n) is 2.52. The number of hydrogen-bond acceptors (Lipinski definition) is 4. The van der Waals surface area contributed by atoms with E-state index in [-0.39, 0.29) is 18.1 Å². The summed E-state index contributed by atoms with van der Waals surface area (Å²) in [5.41, 5.74) is 7.66. The summed E-state index contributed by atoms with van der Waals surface area (Å²) in [6.07, 6.45) is 3.15. The average Bonchev–Trinajstić information content (AvgIpc) is 2.47. The van der Waals surface area contributed by atoms with Crippen molar-refractivity contribution in [2.24, 2.45) is 5.73 Å². The fraction of sp³-hybridized carbons (Fsp3) is 0.133. The molecule has 0 aliphatic carbocycles. The molecule has 0 spiro atoms. The molecule has 0 fully saturated rings. The van der Waals surface area contributed by atoms with Crippen molar-refractivity contribution in [3.8, 4) is 11.8 Å². The van der Waals surface area contributed by atoms with Crippen LogP contribution in [0.3, 0.4) is 0 Å². The number of rotatable bonds is 2. The van der Waals surface area contributed by atoms with Crippen LogP contribution in [0.5, 0.6) is 0 Å². The first-order valence-electron chi connectivity index (χ1n) is 6.08. The summed E-state index contributed by atoms with van der Waals surface area (Å²) in [7, 11) is 0. The van der Waals surface area contributed by atoms with Crippen molar-refractivity contribution in [2.75, 3.05) is 11.9 Å². The second kappa shape index (κ2) is 6.45. The van der Waals surface area contributed by atoms with Gasteiger partial charge in [-0.2, -0.15) is 0 Å². The van der Waals surface area contributed by atoms with Gasteiger partial charge in [0.1, 0.15) is 5.69 Å². The summed E-state index contributed by atoms with van der Waals surface area (Å²) in [5.74, 6) is 5.23. The molecule has 0 aliphatic heterocycles. The van der Waals surface area contributed by atoms with Crippen molar-refractivity contribution >= 4 is 11.6 Å². The first-order chi connectivity index (χ1) is 9.70. The molecule has 2 aromatic rings. The number of nitrogens with one attached hydrogen (secondary N) is 1. The van der Waals surface area contributed by atoms with Crippen molar-refractivity contribution < 1.29 is 4.79 Å². The molecule has 0 aromatic carbocycles. The van der Waals surface area contributed by atoms with E-state index in [2.05, 4.69) is 27.1 Å². The SMILES string of the molecule is Cc1ccc(NC(=O)c2ncccc2C#CCN)cn1. The number of nitrogens with two attached hydrogens (primary N) is 1. The van der Waals surface area contributed by atoms with Crippen LogP contribution in [0.4, 0.5) is 5.69 Å². The van der Waals surface area contributed by atoms with Gasteiger partial charge in [0.2, 0.25) is 0 Å². The highest BCUT2D eigenvalue weighted by Gasteiger charge is 2.11. The minimum absolute atomic E-state index is 0.234. The van der Waals surface area contributed by atoms with Crippen LogP contribution in [-0.2, 0) is 0 Å². The molecule has 2 aromatic heterocycles. The molecular formula is C15H14N4O. The molecule has 5 nitrogen and oxygen atoms in total. The largest absolute Gasteiger partial charge is 0.320 e. The van der Waals surface area contributed by atoms with Gasteiger partial charge in [-0.1, -0.05) is 11.8 Å². The number of carbonyl (C=O) groups is 1. The molecule has 0 unspecified atom stereocenters. The predicted octanol–water partition coefficient (Wildman–Crippen LogP) is 1.35. The highest BCUT2D eigenvalue weighted by molar-refractivity contribution is 6.04. The van der Waals surface area contributed by atoms with E-state index in [0.29, 0.717) is 11.3 Å². The number of pyridine rings is 2. The molecule has 5 heteroatoms. The quantitative estimate of drug-likeness (QED) is 0.804. The van der Waals surface area contributed by atoms with Gasteiger partial charge < -0.3 is 11.1 Å². The lowest BCUT2D eigenvalue weighted by atomic mass is 10.2. The molecule has 3 N–H and O–H groups in total. The van der Waals surface area contributed by atoms with Crippen LogP contribution in [-0.4, -0.2) is 22.4 Å². The van der Waals surface area contributed by atoms with E-state index in [1.54, 1.807) is 30.6 Å². The van der Waals surface area contributed by atoms with Crippen molar-refractivity contribution in [2.45, 2.75) is 6.92 Å². The number of aryl methyl sites for hydroxylation is 1. The van der Waals surface area contributed by atoms with E-state index < -0.39 is 0 Å². The number of hydrogen-bond donors (Lipinski definition) is 2. The van der Waals surface area contributed by atoms with Gasteiger partial charge in [-0.3, -0.25) is 9.78 Å². The maximum atomic E-state index is 12.2. The van der Waals surface area contributed by atoms with Gasteiger partial charge in [0.25, 0.3) is 5.91 Å².